The van der Waals surface area contributed by atoms with Crippen molar-refractivity contribution in [1.29, 1.82) is 0 Å². The Labute approximate surface area is 161 Å². The standard InChI is InChI=1S/C20H21N3O5/c1-12(2)10-21-19(25)20-22-18(23-28-20)15-6-4-14(5-7-15)11-27-17-13(3)26-9-8-16(17)24/h4-9,12H,10-11H2,1-3H3,(H,21,25). The lowest BCUT2D eigenvalue weighted by Crippen LogP contribution is -2.27. The highest BCUT2D eigenvalue weighted by atomic mass is 16.5. The van der Waals surface area contributed by atoms with E-state index in [0.29, 0.717) is 29.6 Å². The third kappa shape index (κ3) is 4.64. The molecule has 1 amide bonds. The second-order valence-electron chi connectivity index (χ2n) is 6.68. The Kier molecular flexibility index (Phi) is 5.88. The van der Waals surface area contributed by atoms with E-state index in [9.17, 15) is 9.59 Å². The van der Waals surface area contributed by atoms with E-state index < -0.39 is 5.91 Å². The second kappa shape index (κ2) is 8.51. The van der Waals surface area contributed by atoms with Crippen molar-refractivity contribution >= 4 is 5.91 Å². The van der Waals surface area contributed by atoms with Gasteiger partial charge < -0.3 is 19.0 Å². The van der Waals surface area contributed by atoms with Crippen molar-refractivity contribution in [2.45, 2.75) is 27.4 Å². The quantitative estimate of drug-likeness (QED) is 0.668. The molecule has 0 aliphatic carbocycles. The Morgan fingerprint density at radius 3 is 2.64 bits per heavy atom. The number of carbonyl (C=O) groups is 1. The van der Waals surface area contributed by atoms with Gasteiger partial charge in [0.2, 0.25) is 17.0 Å². The van der Waals surface area contributed by atoms with Crippen molar-refractivity contribution in [1.82, 2.24) is 15.5 Å². The monoisotopic (exact) mass is 383 g/mol. The molecule has 0 fully saturated rings. The van der Waals surface area contributed by atoms with Gasteiger partial charge in [0.1, 0.15) is 12.4 Å². The summed E-state index contributed by atoms with van der Waals surface area (Å²) in [6.07, 6.45) is 1.33. The first kappa shape index (κ1) is 19.3. The molecule has 28 heavy (non-hydrogen) atoms. The predicted molar refractivity (Wildman–Crippen MR) is 101 cm³/mol. The normalized spacial score (nSPS) is 10.9. The Balaban J connectivity index is 1.65. The van der Waals surface area contributed by atoms with Crippen LogP contribution < -0.4 is 15.5 Å². The smallest absolute Gasteiger partial charge is 0.316 e. The van der Waals surface area contributed by atoms with E-state index in [-0.39, 0.29) is 23.7 Å². The zero-order valence-corrected chi connectivity index (χ0v) is 15.9. The van der Waals surface area contributed by atoms with Gasteiger partial charge in [-0.3, -0.25) is 9.59 Å². The average Bonchev–Trinajstić information content (AvgIpc) is 3.16. The van der Waals surface area contributed by atoms with Crippen LogP contribution in [0.3, 0.4) is 0 Å². The van der Waals surface area contributed by atoms with Gasteiger partial charge in [0.25, 0.3) is 0 Å². The van der Waals surface area contributed by atoms with Crippen molar-refractivity contribution in [2.75, 3.05) is 6.54 Å². The van der Waals surface area contributed by atoms with E-state index in [0.717, 1.165) is 5.56 Å². The fraction of sp³-hybridized carbons (Fsp3) is 0.300. The molecule has 146 valence electrons. The fourth-order valence-corrected chi connectivity index (χ4v) is 2.38. The van der Waals surface area contributed by atoms with Crippen LogP contribution in [0.15, 0.2) is 50.3 Å². The second-order valence-corrected chi connectivity index (χ2v) is 6.68. The number of carbonyl (C=O) groups excluding carboxylic acids is 1. The Hall–Kier alpha value is -3.42. The SMILES string of the molecule is Cc1occc(=O)c1OCc1ccc(-c2noc(C(=O)NCC(C)C)n2)cc1. The number of benzene rings is 1. The minimum Gasteiger partial charge on any atom is -0.482 e. The van der Waals surface area contributed by atoms with Crippen LogP contribution in [0.4, 0.5) is 0 Å². The summed E-state index contributed by atoms with van der Waals surface area (Å²) >= 11 is 0. The van der Waals surface area contributed by atoms with E-state index in [2.05, 4.69) is 15.5 Å². The first-order valence-corrected chi connectivity index (χ1v) is 8.86. The first-order chi connectivity index (χ1) is 13.4. The zero-order chi connectivity index (χ0) is 20.1. The third-order valence-electron chi connectivity index (χ3n) is 3.89. The summed E-state index contributed by atoms with van der Waals surface area (Å²) in [5, 5.41) is 6.58. The molecule has 2 aromatic heterocycles. The van der Waals surface area contributed by atoms with Gasteiger partial charge in [0, 0.05) is 18.2 Å². The third-order valence-corrected chi connectivity index (χ3v) is 3.89. The molecule has 0 aliphatic heterocycles. The number of nitrogens with one attached hydrogen (secondary N) is 1. The van der Waals surface area contributed by atoms with Crippen LogP contribution in [0.25, 0.3) is 11.4 Å². The molecular formula is C20H21N3O5. The molecule has 2 heterocycles. The van der Waals surface area contributed by atoms with Crippen LogP contribution in [-0.2, 0) is 6.61 Å². The van der Waals surface area contributed by atoms with Crippen LogP contribution in [0, 0.1) is 12.8 Å². The molecule has 8 heteroatoms. The van der Waals surface area contributed by atoms with Gasteiger partial charge in [0.15, 0.2) is 0 Å². The molecule has 3 rings (SSSR count). The number of rotatable bonds is 7. The van der Waals surface area contributed by atoms with Crippen LogP contribution in [0.5, 0.6) is 5.75 Å². The number of hydrogen-bond acceptors (Lipinski definition) is 7. The van der Waals surface area contributed by atoms with Gasteiger partial charge in [0.05, 0.1) is 6.26 Å². The number of nitrogens with zero attached hydrogens (tertiary/aromatic N) is 2. The maximum absolute atomic E-state index is 12.0. The highest BCUT2D eigenvalue weighted by Crippen LogP contribution is 2.18. The highest BCUT2D eigenvalue weighted by molar-refractivity contribution is 5.89. The summed E-state index contributed by atoms with van der Waals surface area (Å²) in [6, 6.07) is 8.55. The first-order valence-electron chi connectivity index (χ1n) is 8.86. The fourth-order valence-electron chi connectivity index (χ4n) is 2.38. The molecule has 1 N–H and O–H groups in total. The minimum atomic E-state index is -0.394. The molecule has 0 saturated carbocycles. The molecule has 8 nitrogen and oxygen atoms in total. The van der Waals surface area contributed by atoms with E-state index in [1.165, 1.54) is 12.3 Å². The van der Waals surface area contributed by atoms with Gasteiger partial charge in [-0.25, -0.2) is 0 Å². The number of hydrogen-bond donors (Lipinski definition) is 1. The highest BCUT2D eigenvalue weighted by Gasteiger charge is 2.16. The van der Waals surface area contributed by atoms with E-state index in [1.807, 2.05) is 26.0 Å². The van der Waals surface area contributed by atoms with Crippen LogP contribution in [0.2, 0.25) is 0 Å². The van der Waals surface area contributed by atoms with Crippen molar-refractivity contribution in [2.24, 2.45) is 5.92 Å². The summed E-state index contributed by atoms with van der Waals surface area (Å²) < 4.78 is 15.8. The molecular weight excluding hydrogens is 362 g/mol. The van der Waals surface area contributed by atoms with Crippen LogP contribution >= 0.6 is 0 Å². The minimum absolute atomic E-state index is 0.0747. The van der Waals surface area contributed by atoms with E-state index in [4.69, 9.17) is 13.7 Å². The lowest BCUT2D eigenvalue weighted by atomic mass is 10.1. The van der Waals surface area contributed by atoms with Gasteiger partial charge in [-0.05, 0) is 18.4 Å². The Morgan fingerprint density at radius 2 is 1.96 bits per heavy atom. The number of aryl methyl sites for hydroxylation is 1. The van der Waals surface area contributed by atoms with Crippen molar-refractivity contribution in [3.05, 3.63) is 64.0 Å². The van der Waals surface area contributed by atoms with Crippen molar-refractivity contribution in [3.8, 4) is 17.1 Å². The number of ether oxygens (including phenoxy) is 1. The molecule has 0 aliphatic rings. The lowest BCUT2D eigenvalue weighted by Gasteiger charge is -2.07. The van der Waals surface area contributed by atoms with E-state index in [1.54, 1.807) is 19.1 Å². The summed E-state index contributed by atoms with van der Waals surface area (Å²) in [5.74, 6) is 0.804. The lowest BCUT2D eigenvalue weighted by molar-refractivity contribution is 0.0905. The van der Waals surface area contributed by atoms with Crippen molar-refractivity contribution < 1.29 is 18.5 Å². The van der Waals surface area contributed by atoms with Crippen LogP contribution in [0.1, 0.15) is 35.9 Å². The topological polar surface area (TPSA) is 107 Å². The van der Waals surface area contributed by atoms with Gasteiger partial charge in [-0.2, -0.15) is 4.98 Å². The predicted octanol–water partition coefficient (Wildman–Crippen LogP) is 2.96. The van der Waals surface area contributed by atoms with Crippen molar-refractivity contribution in [3.63, 3.8) is 0 Å². The number of aromatic nitrogens is 2. The molecule has 0 bridgehead atoms. The van der Waals surface area contributed by atoms with Gasteiger partial charge in [-0.1, -0.05) is 43.3 Å². The molecule has 0 spiro atoms. The average molecular weight is 383 g/mol. The van der Waals surface area contributed by atoms with Gasteiger partial charge in [-0.15, -0.1) is 0 Å². The maximum atomic E-state index is 12.0. The van der Waals surface area contributed by atoms with E-state index >= 15 is 0 Å². The molecule has 0 unspecified atom stereocenters. The molecule has 0 radical (unpaired) electrons. The molecule has 1 aromatic carbocycles. The molecule has 0 atom stereocenters. The zero-order valence-electron chi connectivity index (χ0n) is 15.9. The summed E-state index contributed by atoms with van der Waals surface area (Å²) in [4.78, 5) is 27.9. The molecule has 3 aromatic rings. The summed E-state index contributed by atoms with van der Waals surface area (Å²) in [5.41, 5.74) is 1.33. The Bertz CT molecular complexity index is 1010. The molecule has 0 saturated heterocycles. The number of amides is 1. The summed E-state index contributed by atoms with van der Waals surface area (Å²) in [7, 11) is 0. The maximum Gasteiger partial charge on any atom is 0.316 e. The Morgan fingerprint density at radius 1 is 1.21 bits per heavy atom. The van der Waals surface area contributed by atoms with Crippen LogP contribution in [-0.4, -0.2) is 22.6 Å². The summed E-state index contributed by atoms with van der Waals surface area (Å²) in [6.45, 7) is 6.41. The largest absolute Gasteiger partial charge is 0.482 e. The van der Waals surface area contributed by atoms with Gasteiger partial charge >= 0.3 is 11.8 Å².